The molecule has 0 spiro atoms. The summed E-state index contributed by atoms with van der Waals surface area (Å²) in [6, 6.07) is 6.56. The molecule has 0 saturated heterocycles. The third-order valence-electron chi connectivity index (χ3n) is 3.62. The van der Waals surface area contributed by atoms with Crippen LogP contribution in [0, 0.1) is 11.3 Å². The molecule has 2 rings (SSSR count). The van der Waals surface area contributed by atoms with Crippen molar-refractivity contribution in [3.8, 4) is 6.07 Å². The second-order valence-corrected chi connectivity index (χ2v) is 5.21. The quantitative estimate of drug-likeness (QED) is 0.684. The molecule has 1 N–H and O–H groups in total. The van der Waals surface area contributed by atoms with Gasteiger partial charge in [-0.15, -0.1) is 0 Å². The zero-order valence-corrected chi connectivity index (χ0v) is 11.8. The third-order valence-corrected chi connectivity index (χ3v) is 3.62. The molecule has 0 radical (unpaired) electrons. The zero-order valence-electron chi connectivity index (χ0n) is 11.8. The van der Waals surface area contributed by atoms with Crippen LogP contribution in [0.15, 0.2) is 29.8 Å². The molecule has 1 aromatic rings. The van der Waals surface area contributed by atoms with E-state index >= 15 is 0 Å². The first kappa shape index (κ1) is 16.1. The van der Waals surface area contributed by atoms with Gasteiger partial charge in [-0.2, -0.15) is 18.4 Å². The molecule has 0 bridgehead atoms. The van der Waals surface area contributed by atoms with Crippen LogP contribution in [-0.2, 0) is 11.0 Å². The molecule has 6 heteroatoms. The highest BCUT2D eigenvalue weighted by Crippen LogP contribution is 2.32. The van der Waals surface area contributed by atoms with E-state index in [0.29, 0.717) is 0 Å². The highest BCUT2D eigenvalue weighted by molar-refractivity contribution is 6.02. The van der Waals surface area contributed by atoms with Gasteiger partial charge in [0, 0.05) is 6.04 Å². The summed E-state index contributed by atoms with van der Waals surface area (Å²) in [6.45, 7) is 0. The fraction of sp³-hybridized carbons (Fsp3) is 0.375. The van der Waals surface area contributed by atoms with Crippen LogP contribution >= 0.6 is 0 Å². The van der Waals surface area contributed by atoms with Gasteiger partial charge in [-0.1, -0.05) is 31.0 Å². The minimum absolute atomic E-state index is 0.00195. The molecule has 0 unspecified atom stereocenters. The Morgan fingerprint density at radius 1 is 1.27 bits per heavy atom. The van der Waals surface area contributed by atoms with Crippen molar-refractivity contribution in [1.29, 1.82) is 5.26 Å². The number of benzene rings is 1. The van der Waals surface area contributed by atoms with Gasteiger partial charge in [-0.3, -0.25) is 4.79 Å². The fourth-order valence-electron chi connectivity index (χ4n) is 2.52. The van der Waals surface area contributed by atoms with Crippen LogP contribution in [0.25, 0.3) is 6.08 Å². The van der Waals surface area contributed by atoms with Gasteiger partial charge in [0.1, 0.15) is 11.6 Å². The molecule has 0 atom stereocenters. The lowest BCUT2D eigenvalue weighted by Crippen LogP contribution is -2.33. The number of nitriles is 1. The van der Waals surface area contributed by atoms with E-state index in [1.807, 2.05) is 0 Å². The molecule has 1 amide bonds. The van der Waals surface area contributed by atoms with Crippen LogP contribution in [0.4, 0.5) is 13.2 Å². The van der Waals surface area contributed by atoms with Gasteiger partial charge in [0.05, 0.1) is 5.56 Å². The standard InChI is InChI=1S/C16H15F3N2O/c17-16(18,19)14-8-4-1-5-11(14)9-12(10-20)15(22)21-13-6-2-3-7-13/h1,4-5,8-9,13H,2-3,6-7H2,(H,21,22). The van der Waals surface area contributed by atoms with Crippen molar-refractivity contribution in [3.63, 3.8) is 0 Å². The summed E-state index contributed by atoms with van der Waals surface area (Å²) < 4.78 is 38.8. The lowest BCUT2D eigenvalue weighted by molar-refractivity contribution is -0.137. The van der Waals surface area contributed by atoms with E-state index in [1.165, 1.54) is 18.2 Å². The molecule has 22 heavy (non-hydrogen) atoms. The Bertz CT molecular complexity index is 623. The molecular formula is C16H15F3N2O. The van der Waals surface area contributed by atoms with Gasteiger partial charge in [0.15, 0.2) is 0 Å². The summed E-state index contributed by atoms with van der Waals surface area (Å²) in [5.41, 5.74) is -1.37. The number of rotatable bonds is 3. The minimum atomic E-state index is -4.53. The zero-order chi connectivity index (χ0) is 16.2. The molecule has 3 nitrogen and oxygen atoms in total. The van der Waals surface area contributed by atoms with E-state index in [1.54, 1.807) is 6.07 Å². The first-order valence-electron chi connectivity index (χ1n) is 7.00. The van der Waals surface area contributed by atoms with Crippen molar-refractivity contribution in [3.05, 3.63) is 41.0 Å². The van der Waals surface area contributed by atoms with Gasteiger partial charge in [0.25, 0.3) is 5.91 Å². The Hall–Kier alpha value is -2.29. The van der Waals surface area contributed by atoms with Crippen LogP contribution < -0.4 is 5.32 Å². The van der Waals surface area contributed by atoms with Crippen LogP contribution in [0.1, 0.15) is 36.8 Å². The number of alkyl halides is 3. The highest BCUT2D eigenvalue weighted by Gasteiger charge is 2.32. The second-order valence-electron chi connectivity index (χ2n) is 5.21. The number of nitrogens with zero attached hydrogens (tertiary/aromatic N) is 1. The molecule has 0 aliphatic heterocycles. The van der Waals surface area contributed by atoms with Crippen LogP contribution in [0.3, 0.4) is 0 Å². The molecule has 0 aromatic heterocycles. The van der Waals surface area contributed by atoms with Crippen LogP contribution in [0.2, 0.25) is 0 Å². The normalized spacial score (nSPS) is 16.4. The van der Waals surface area contributed by atoms with E-state index in [4.69, 9.17) is 5.26 Å². The predicted molar refractivity (Wildman–Crippen MR) is 75.4 cm³/mol. The van der Waals surface area contributed by atoms with E-state index < -0.39 is 17.6 Å². The summed E-state index contributed by atoms with van der Waals surface area (Å²) in [7, 11) is 0. The molecule has 0 heterocycles. The minimum Gasteiger partial charge on any atom is -0.349 e. The molecule has 1 aliphatic rings. The van der Waals surface area contributed by atoms with Crippen molar-refractivity contribution < 1.29 is 18.0 Å². The van der Waals surface area contributed by atoms with Gasteiger partial charge < -0.3 is 5.32 Å². The molecule has 116 valence electrons. The van der Waals surface area contributed by atoms with Crippen molar-refractivity contribution in [1.82, 2.24) is 5.32 Å². The number of nitrogens with one attached hydrogen (secondary N) is 1. The summed E-state index contributed by atoms with van der Waals surface area (Å²) in [6.07, 6.45) is 0.150. The van der Waals surface area contributed by atoms with E-state index in [-0.39, 0.29) is 17.2 Å². The second kappa shape index (κ2) is 6.65. The van der Waals surface area contributed by atoms with Crippen LogP contribution in [-0.4, -0.2) is 11.9 Å². The number of amides is 1. The highest BCUT2D eigenvalue weighted by atomic mass is 19.4. The van der Waals surface area contributed by atoms with Crippen molar-refractivity contribution in [2.45, 2.75) is 37.9 Å². The Balaban J connectivity index is 2.25. The Kier molecular flexibility index (Phi) is 4.86. The molecule has 1 aliphatic carbocycles. The Morgan fingerprint density at radius 2 is 1.91 bits per heavy atom. The number of halogens is 3. The predicted octanol–water partition coefficient (Wildman–Crippen LogP) is 3.67. The third kappa shape index (κ3) is 3.88. The van der Waals surface area contributed by atoms with Gasteiger partial charge in [0.2, 0.25) is 0 Å². The van der Waals surface area contributed by atoms with Crippen molar-refractivity contribution in [2.75, 3.05) is 0 Å². The van der Waals surface area contributed by atoms with Gasteiger partial charge in [-0.05, 0) is 30.5 Å². The smallest absolute Gasteiger partial charge is 0.349 e. The SMILES string of the molecule is N#CC(=Cc1ccccc1C(F)(F)F)C(=O)NC1CCCC1. The summed E-state index contributed by atoms with van der Waals surface area (Å²) in [4.78, 5) is 12.0. The molecule has 1 saturated carbocycles. The maximum absolute atomic E-state index is 12.9. The van der Waals surface area contributed by atoms with Crippen molar-refractivity contribution in [2.24, 2.45) is 0 Å². The van der Waals surface area contributed by atoms with Crippen LogP contribution in [0.5, 0.6) is 0 Å². The summed E-state index contributed by atoms with van der Waals surface area (Å²) in [5.74, 6) is -0.619. The summed E-state index contributed by atoms with van der Waals surface area (Å²) in [5, 5.41) is 11.8. The average molecular weight is 308 g/mol. The molecular weight excluding hydrogens is 293 g/mol. The Labute approximate surface area is 126 Å². The lowest BCUT2D eigenvalue weighted by Gasteiger charge is -2.12. The first-order valence-corrected chi connectivity index (χ1v) is 7.00. The topological polar surface area (TPSA) is 52.9 Å². The number of carbonyl (C=O) groups is 1. The lowest BCUT2D eigenvalue weighted by atomic mass is 10.0. The number of carbonyl (C=O) groups excluding carboxylic acids is 1. The largest absolute Gasteiger partial charge is 0.416 e. The van der Waals surface area contributed by atoms with Crippen molar-refractivity contribution >= 4 is 12.0 Å². The fourth-order valence-corrected chi connectivity index (χ4v) is 2.52. The number of hydrogen-bond donors (Lipinski definition) is 1. The average Bonchev–Trinajstić information content (AvgIpc) is 2.96. The monoisotopic (exact) mass is 308 g/mol. The summed E-state index contributed by atoms with van der Waals surface area (Å²) >= 11 is 0. The van der Waals surface area contributed by atoms with E-state index in [2.05, 4.69) is 5.32 Å². The maximum Gasteiger partial charge on any atom is 0.416 e. The number of hydrogen-bond acceptors (Lipinski definition) is 2. The Morgan fingerprint density at radius 3 is 2.50 bits per heavy atom. The van der Waals surface area contributed by atoms with Gasteiger partial charge in [-0.25, -0.2) is 0 Å². The van der Waals surface area contributed by atoms with E-state index in [0.717, 1.165) is 37.8 Å². The maximum atomic E-state index is 12.9. The van der Waals surface area contributed by atoms with E-state index in [9.17, 15) is 18.0 Å². The molecule has 1 aromatic carbocycles. The first-order chi connectivity index (χ1) is 10.4. The van der Waals surface area contributed by atoms with Gasteiger partial charge >= 0.3 is 6.18 Å². The molecule has 1 fully saturated rings.